The first-order valence-corrected chi connectivity index (χ1v) is 10.9. The molecule has 3 aliphatic rings. The van der Waals surface area contributed by atoms with Crippen LogP contribution in [0.15, 0.2) is 6.07 Å². The molecule has 7 heteroatoms. The van der Waals surface area contributed by atoms with Gasteiger partial charge in [-0.1, -0.05) is 0 Å². The molecule has 1 aromatic heterocycles. The predicted molar refractivity (Wildman–Crippen MR) is 112 cm³/mol. The number of nitrogens with zero attached hydrogens (tertiary/aromatic N) is 4. The molecule has 0 bridgehead atoms. The van der Waals surface area contributed by atoms with Crippen LogP contribution >= 0.6 is 0 Å². The fourth-order valence-electron chi connectivity index (χ4n) is 5.15. The van der Waals surface area contributed by atoms with Crippen LogP contribution in [0.3, 0.4) is 0 Å². The van der Waals surface area contributed by atoms with Gasteiger partial charge >= 0.3 is 0 Å². The molecule has 4 heterocycles. The number of amides is 1. The lowest BCUT2D eigenvalue weighted by molar-refractivity contribution is -0.0951. The number of ether oxygens (including phenoxy) is 2. The molecule has 0 saturated carbocycles. The Bertz CT molecular complexity index is 733. The average molecular weight is 405 g/mol. The highest BCUT2D eigenvalue weighted by Crippen LogP contribution is 2.38. The van der Waals surface area contributed by atoms with E-state index in [4.69, 9.17) is 9.47 Å². The van der Waals surface area contributed by atoms with Crippen molar-refractivity contribution in [1.29, 1.82) is 0 Å². The molecule has 1 unspecified atom stereocenters. The van der Waals surface area contributed by atoms with E-state index in [9.17, 15) is 4.79 Å². The summed E-state index contributed by atoms with van der Waals surface area (Å²) in [5.74, 6) is 0.147. The fraction of sp³-hybridized carbons (Fsp3) is 0.773. The van der Waals surface area contributed by atoms with Crippen LogP contribution in [-0.2, 0) is 16.0 Å². The van der Waals surface area contributed by atoms with Crippen LogP contribution in [0.4, 0.5) is 0 Å². The van der Waals surface area contributed by atoms with E-state index in [2.05, 4.69) is 35.3 Å². The van der Waals surface area contributed by atoms with E-state index in [1.165, 1.54) is 0 Å². The Morgan fingerprint density at radius 3 is 2.66 bits per heavy atom. The zero-order valence-corrected chi connectivity index (χ0v) is 18.4. The van der Waals surface area contributed by atoms with E-state index in [-0.39, 0.29) is 11.5 Å². The summed E-state index contributed by atoms with van der Waals surface area (Å²) in [6.45, 7) is 12.5. The molecule has 1 atom stereocenters. The third-order valence-corrected chi connectivity index (χ3v) is 7.02. The lowest BCUT2D eigenvalue weighted by Gasteiger charge is -2.47. The second kappa shape index (κ2) is 8.38. The van der Waals surface area contributed by atoms with Crippen molar-refractivity contribution in [3.8, 4) is 0 Å². The van der Waals surface area contributed by atoms with E-state index >= 15 is 0 Å². The maximum Gasteiger partial charge on any atom is 0.255 e. The molecule has 162 valence electrons. The second-order valence-electron chi connectivity index (χ2n) is 9.14. The van der Waals surface area contributed by atoms with Crippen molar-refractivity contribution in [2.24, 2.45) is 0 Å². The zero-order chi connectivity index (χ0) is 20.6. The van der Waals surface area contributed by atoms with Crippen LogP contribution in [0.5, 0.6) is 0 Å². The fourth-order valence-corrected chi connectivity index (χ4v) is 5.15. The molecule has 7 nitrogen and oxygen atoms in total. The standard InChI is InChI=1S/C22H36N4O3/c1-17-12-20(18(2)26(17)6-5-11-28-4)21(27)25-15-22(16-25)13-19(14-29-22)24-9-7-23(3)8-10-24/h12,19H,5-11,13-16H2,1-4H3. The molecule has 29 heavy (non-hydrogen) atoms. The van der Waals surface area contributed by atoms with Crippen LogP contribution in [0, 0.1) is 13.8 Å². The summed E-state index contributed by atoms with van der Waals surface area (Å²) in [6, 6.07) is 2.55. The third kappa shape index (κ3) is 4.10. The van der Waals surface area contributed by atoms with E-state index in [1.54, 1.807) is 7.11 Å². The zero-order valence-electron chi connectivity index (χ0n) is 18.4. The minimum Gasteiger partial charge on any atom is -0.385 e. The van der Waals surface area contributed by atoms with E-state index in [0.29, 0.717) is 6.04 Å². The number of aryl methyl sites for hydroxylation is 1. The Morgan fingerprint density at radius 1 is 1.24 bits per heavy atom. The van der Waals surface area contributed by atoms with Crippen LogP contribution in [-0.4, -0.2) is 103 Å². The maximum absolute atomic E-state index is 13.1. The lowest BCUT2D eigenvalue weighted by atomic mass is 9.88. The van der Waals surface area contributed by atoms with Crippen LogP contribution in [0.25, 0.3) is 0 Å². The first kappa shape index (κ1) is 20.8. The molecule has 4 rings (SSSR count). The average Bonchev–Trinajstić information content (AvgIpc) is 3.24. The number of likely N-dealkylation sites (tertiary alicyclic amines) is 1. The topological polar surface area (TPSA) is 50.2 Å². The van der Waals surface area contributed by atoms with Gasteiger partial charge < -0.3 is 23.8 Å². The van der Waals surface area contributed by atoms with Gasteiger partial charge in [0.15, 0.2) is 0 Å². The number of aromatic nitrogens is 1. The first-order valence-electron chi connectivity index (χ1n) is 10.9. The third-order valence-electron chi connectivity index (χ3n) is 7.02. The number of likely N-dealkylation sites (N-methyl/N-ethyl adjacent to an activating group) is 1. The summed E-state index contributed by atoms with van der Waals surface area (Å²) < 4.78 is 13.6. The molecular weight excluding hydrogens is 368 g/mol. The highest BCUT2D eigenvalue weighted by molar-refractivity contribution is 5.96. The largest absolute Gasteiger partial charge is 0.385 e. The van der Waals surface area contributed by atoms with Gasteiger partial charge in [0.2, 0.25) is 0 Å². The Hall–Kier alpha value is -1.41. The number of methoxy groups -OCH3 is 1. The first-order chi connectivity index (χ1) is 13.9. The van der Waals surface area contributed by atoms with Gasteiger partial charge in [0.25, 0.3) is 5.91 Å². The van der Waals surface area contributed by atoms with Gasteiger partial charge in [-0.2, -0.15) is 0 Å². The molecule has 0 aromatic carbocycles. The van der Waals surface area contributed by atoms with Gasteiger partial charge in [-0.05, 0) is 39.8 Å². The van der Waals surface area contributed by atoms with Crippen LogP contribution < -0.4 is 0 Å². The number of rotatable bonds is 6. The van der Waals surface area contributed by atoms with Gasteiger partial charge in [-0.15, -0.1) is 0 Å². The van der Waals surface area contributed by atoms with Gasteiger partial charge in [-0.25, -0.2) is 0 Å². The monoisotopic (exact) mass is 404 g/mol. The Labute approximate surface area is 174 Å². The molecule has 3 aliphatic heterocycles. The molecule has 0 aliphatic carbocycles. The van der Waals surface area contributed by atoms with Gasteiger partial charge in [-0.3, -0.25) is 9.69 Å². The summed E-state index contributed by atoms with van der Waals surface area (Å²) in [7, 11) is 3.91. The molecular formula is C22H36N4O3. The summed E-state index contributed by atoms with van der Waals surface area (Å²) in [5.41, 5.74) is 2.92. The van der Waals surface area contributed by atoms with Crippen molar-refractivity contribution in [3.63, 3.8) is 0 Å². The number of carbonyl (C=O) groups is 1. The predicted octanol–water partition coefficient (Wildman–Crippen LogP) is 1.37. The smallest absolute Gasteiger partial charge is 0.255 e. The summed E-state index contributed by atoms with van der Waals surface area (Å²) in [6.07, 6.45) is 2.01. The quantitative estimate of drug-likeness (QED) is 0.671. The lowest BCUT2D eigenvalue weighted by Crippen LogP contribution is -2.63. The molecule has 3 fully saturated rings. The van der Waals surface area contributed by atoms with E-state index in [0.717, 1.165) is 88.8 Å². The van der Waals surface area contributed by atoms with Gasteiger partial charge in [0, 0.05) is 63.9 Å². The molecule has 3 saturated heterocycles. The molecule has 0 N–H and O–H groups in total. The van der Waals surface area contributed by atoms with Crippen molar-refractivity contribution in [3.05, 3.63) is 23.0 Å². The van der Waals surface area contributed by atoms with Crippen molar-refractivity contribution >= 4 is 5.91 Å². The second-order valence-corrected chi connectivity index (χ2v) is 9.14. The van der Waals surface area contributed by atoms with Crippen molar-refractivity contribution in [1.82, 2.24) is 19.3 Å². The van der Waals surface area contributed by atoms with Crippen LogP contribution in [0.2, 0.25) is 0 Å². The number of hydrogen-bond donors (Lipinski definition) is 0. The summed E-state index contributed by atoms with van der Waals surface area (Å²) in [5, 5.41) is 0. The van der Waals surface area contributed by atoms with Gasteiger partial charge in [0.1, 0.15) is 5.60 Å². The molecule has 1 aromatic rings. The minimum atomic E-state index is -0.117. The maximum atomic E-state index is 13.1. The number of carbonyl (C=O) groups excluding carboxylic acids is 1. The van der Waals surface area contributed by atoms with Crippen molar-refractivity contribution in [2.45, 2.75) is 44.9 Å². The van der Waals surface area contributed by atoms with E-state index in [1.807, 2.05) is 11.0 Å². The number of hydrogen-bond acceptors (Lipinski definition) is 5. The Balaban J connectivity index is 1.33. The normalized spacial score (nSPS) is 25.0. The molecule has 1 spiro atoms. The molecule has 1 amide bonds. The highest BCUT2D eigenvalue weighted by atomic mass is 16.5. The molecule has 0 radical (unpaired) electrons. The minimum absolute atomic E-state index is 0.117. The summed E-state index contributed by atoms with van der Waals surface area (Å²) in [4.78, 5) is 20.0. The van der Waals surface area contributed by atoms with E-state index < -0.39 is 0 Å². The Kier molecular flexibility index (Phi) is 6.02. The number of piperazine rings is 1. The highest BCUT2D eigenvalue weighted by Gasteiger charge is 2.52. The van der Waals surface area contributed by atoms with Crippen molar-refractivity contribution < 1.29 is 14.3 Å². The SMILES string of the molecule is COCCCn1c(C)cc(C(=O)N2CC3(CC(N4CCN(C)CC4)CO3)C2)c1C. The van der Waals surface area contributed by atoms with Gasteiger partial charge in [0.05, 0.1) is 25.3 Å². The van der Waals surface area contributed by atoms with Crippen LogP contribution in [0.1, 0.15) is 34.6 Å². The Morgan fingerprint density at radius 2 is 1.97 bits per heavy atom. The van der Waals surface area contributed by atoms with Crippen molar-refractivity contribution in [2.75, 3.05) is 66.6 Å². The summed E-state index contributed by atoms with van der Waals surface area (Å²) >= 11 is 0.